The zero-order valence-corrected chi connectivity index (χ0v) is 20.6. The van der Waals surface area contributed by atoms with Gasteiger partial charge in [0.25, 0.3) is 0 Å². The van der Waals surface area contributed by atoms with E-state index < -0.39 is 5.41 Å². The number of benzene rings is 5. The van der Waals surface area contributed by atoms with Crippen molar-refractivity contribution in [3.63, 3.8) is 0 Å². The number of rotatable bonds is 4. The Labute approximate surface area is 213 Å². The van der Waals surface area contributed by atoms with Crippen LogP contribution in [0, 0.1) is 25.2 Å². The highest BCUT2D eigenvalue weighted by Crippen LogP contribution is 2.59. The van der Waals surface area contributed by atoms with Gasteiger partial charge in [0.1, 0.15) is 0 Å². The molecule has 5 aromatic rings. The molecule has 0 atom stereocenters. The molecule has 1 heteroatoms. The SMILES string of the molecule is Cc1ccccc1C1(c2ccccc2C)c2ccccc2-c2c(-c3ccccc3CC#N)cccc21. The molecule has 0 heterocycles. The molecule has 1 nitrogen and oxygen atoms in total. The molecule has 0 N–H and O–H groups in total. The Morgan fingerprint density at radius 2 is 1.03 bits per heavy atom. The van der Waals surface area contributed by atoms with Gasteiger partial charge in [-0.05, 0) is 75.0 Å². The first kappa shape index (κ1) is 22.1. The molecule has 0 amide bonds. The normalized spacial score (nSPS) is 13.0. The van der Waals surface area contributed by atoms with E-state index in [1.54, 1.807) is 0 Å². The maximum atomic E-state index is 9.53. The highest BCUT2D eigenvalue weighted by molar-refractivity contribution is 5.96. The molecule has 0 spiro atoms. The van der Waals surface area contributed by atoms with Gasteiger partial charge in [0.2, 0.25) is 0 Å². The number of aryl methyl sites for hydroxylation is 2. The molecule has 1 aliphatic rings. The zero-order valence-electron chi connectivity index (χ0n) is 20.6. The van der Waals surface area contributed by atoms with Crippen molar-refractivity contribution >= 4 is 0 Å². The van der Waals surface area contributed by atoms with Crippen molar-refractivity contribution in [1.82, 2.24) is 0 Å². The summed E-state index contributed by atoms with van der Waals surface area (Å²) >= 11 is 0. The molecule has 0 saturated carbocycles. The van der Waals surface area contributed by atoms with Crippen LogP contribution in [0.2, 0.25) is 0 Å². The minimum atomic E-state index is -0.428. The molecule has 172 valence electrons. The number of hydrogen-bond donors (Lipinski definition) is 0. The van der Waals surface area contributed by atoms with Gasteiger partial charge in [0, 0.05) is 0 Å². The van der Waals surface area contributed by atoms with Crippen LogP contribution in [-0.4, -0.2) is 0 Å². The Morgan fingerprint density at radius 1 is 0.528 bits per heavy atom. The van der Waals surface area contributed by atoms with Crippen LogP contribution in [0.3, 0.4) is 0 Å². The lowest BCUT2D eigenvalue weighted by atomic mass is 9.65. The van der Waals surface area contributed by atoms with Crippen LogP contribution in [0.1, 0.15) is 38.9 Å². The quantitative estimate of drug-likeness (QED) is 0.258. The number of nitrogens with zero attached hydrogens (tertiary/aromatic N) is 1. The fraction of sp³-hybridized carbons (Fsp3) is 0.114. The van der Waals surface area contributed by atoms with Crippen LogP contribution in [-0.2, 0) is 11.8 Å². The van der Waals surface area contributed by atoms with Crippen molar-refractivity contribution in [3.05, 3.63) is 154 Å². The predicted octanol–water partition coefficient (Wildman–Crippen LogP) is 8.40. The molecule has 0 unspecified atom stereocenters. The fourth-order valence-corrected chi connectivity index (χ4v) is 6.29. The van der Waals surface area contributed by atoms with Crippen LogP contribution >= 0.6 is 0 Å². The van der Waals surface area contributed by atoms with Crippen molar-refractivity contribution in [2.45, 2.75) is 25.7 Å². The van der Waals surface area contributed by atoms with Crippen LogP contribution in [0.5, 0.6) is 0 Å². The van der Waals surface area contributed by atoms with Crippen molar-refractivity contribution in [2.24, 2.45) is 0 Å². The lowest BCUT2D eigenvalue weighted by molar-refractivity contribution is 0.754. The van der Waals surface area contributed by atoms with E-state index in [0.29, 0.717) is 6.42 Å². The van der Waals surface area contributed by atoms with Crippen LogP contribution in [0.15, 0.2) is 115 Å². The molecule has 0 bridgehead atoms. The summed E-state index contributed by atoms with van der Waals surface area (Å²) < 4.78 is 0. The summed E-state index contributed by atoms with van der Waals surface area (Å²) in [6, 6.07) is 43.9. The van der Waals surface area contributed by atoms with E-state index in [-0.39, 0.29) is 0 Å². The summed E-state index contributed by atoms with van der Waals surface area (Å²) in [5.41, 5.74) is 13.3. The van der Waals surface area contributed by atoms with Crippen LogP contribution in [0.4, 0.5) is 0 Å². The first-order valence-electron chi connectivity index (χ1n) is 12.5. The van der Waals surface area contributed by atoms with Crippen molar-refractivity contribution in [1.29, 1.82) is 5.26 Å². The third-order valence-corrected chi connectivity index (χ3v) is 7.74. The van der Waals surface area contributed by atoms with Crippen LogP contribution < -0.4 is 0 Å². The summed E-state index contributed by atoms with van der Waals surface area (Å²) in [6.45, 7) is 4.45. The van der Waals surface area contributed by atoms with Gasteiger partial charge in [-0.1, -0.05) is 115 Å². The van der Waals surface area contributed by atoms with Gasteiger partial charge in [-0.15, -0.1) is 0 Å². The summed E-state index contributed by atoms with van der Waals surface area (Å²) in [5, 5.41) is 9.53. The number of hydrogen-bond acceptors (Lipinski definition) is 1. The molecular weight excluding hydrogens is 434 g/mol. The molecule has 0 saturated heterocycles. The van der Waals surface area contributed by atoms with E-state index in [4.69, 9.17) is 0 Å². The van der Waals surface area contributed by atoms with Gasteiger partial charge in [0.15, 0.2) is 0 Å². The van der Waals surface area contributed by atoms with Crippen LogP contribution in [0.25, 0.3) is 22.3 Å². The average Bonchev–Trinajstić information content (AvgIpc) is 3.21. The lowest BCUT2D eigenvalue weighted by Crippen LogP contribution is -2.30. The maximum absolute atomic E-state index is 9.53. The summed E-state index contributed by atoms with van der Waals surface area (Å²) in [4.78, 5) is 0. The van der Waals surface area contributed by atoms with Gasteiger partial charge in [-0.2, -0.15) is 5.26 Å². The number of fused-ring (bicyclic) bond motifs is 3. The van der Waals surface area contributed by atoms with Gasteiger partial charge in [0.05, 0.1) is 17.9 Å². The second-order valence-electron chi connectivity index (χ2n) is 9.65. The summed E-state index contributed by atoms with van der Waals surface area (Å²) in [5.74, 6) is 0. The van der Waals surface area contributed by atoms with Gasteiger partial charge in [-0.3, -0.25) is 0 Å². The Bertz CT molecular complexity index is 1600. The van der Waals surface area contributed by atoms with Crippen molar-refractivity contribution < 1.29 is 0 Å². The Balaban J connectivity index is 1.80. The predicted molar refractivity (Wildman–Crippen MR) is 148 cm³/mol. The monoisotopic (exact) mass is 461 g/mol. The zero-order chi connectivity index (χ0) is 24.7. The first-order valence-corrected chi connectivity index (χ1v) is 12.5. The Morgan fingerprint density at radius 3 is 1.67 bits per heavy atom. The Kier molecular flexibility index (Phi) is 5.32. The first-order chi connectivity index (χ1) is 17.7. The van der Waals surface area contributed by atoms with E-state index >= 15 is 0 Å². The minimum absolute atomic E-state index is 0.391. The highest BCUT2D eigenvalue weighted by atomic mass is 14.5. The standard InChI is InChI=1S/C35H27N/c1-24-12-3-8-18-30(24)35(31-19-9-4-13-25(31)2)32-20-10-7-16-29(32)34-28(17-11-21-33(34)35)27-15-6-5-14-26(27)22-23-36/h3-21H,22H2,1-2H3. The molecule has 6 rings (SSSR count). The second kappa shape index (κ2) is 8.67. The van der Waals surface area contributed by atoms with Gasteiger partial charge < -0.3 is 0 Å². The van der Waals surface area contributed by atoms with Crippen molar-refractivity contribution in [3.8, 4) is 28.3 Å². The molecular formula is C35H27N. The lowest BCUT2D eigenvalue weighted by Gasteiger charge is -2.36. The maximum Gasteiger partial charge on any atom is 0.0718 e. The Hall–Kier alpha value is -4.41. The third-order valence-electron chi connectivity index (χ3n) is 7.74. The van der Waals surface area contributed by atoms with E-state index in [2.05, 4.69) is 129 Å². The third kappa shape index (κ3) is 3.08. The van der Waals surface area contributed by atoms with E-state index in [1.807, 2.05) is 6.07 Å². The fourth-order valence-electron chi connectivity index (χ4n) is 6.29. The topological polar surface area (TPSA) is 23.8 Å². The molecule has 1 aliphatic carbocycles. The van der Waals surface area contributed by atoms with E-state index in [0.717, 1.165) is 11.1 Å². The largest absolute Gasteiger partial charge is 0.198 e. The van der Waals surface area contributed by atoms with E-state index in [1.165, 1.54) is 50.1 Å². The number of nitriles is 1. The van der Waals surface area contributed by atoms with E-state index in [9.17, 15) is 5.26 Å². The van der Waals surface area contributed by atoms with Crippen molar-refractivity contribution in [2.75, 3.05) is 0 Å². The molecule has 0 aliphatic heterocycles. The molecule has 5 aromatic carbocycles. The molecule has 0 fully saturated rings. The van der Waals surface area contributed by atoms with Gasteiger partial charge >= 0.3 is 0 Å². The smallest absolute Gasteiger partial charge is 0.0718 e. The molecule has 0 radical (unpaired) electrons. The van der Waals surface area contributed by atoms with Gasteiger partial charge in [-0.25, -0.2) is 0 Å². The minimum Gasteiger partial charge on any atom is -0.198 e. The highest BCUT2D eigenvalue weighted by Gasteiger charge is 2.48. The summed E-state index contributed by atoms with van der Waals surface area (Å²) in [6.07, 6.45) is 0.391. The average molecular weight is 462 g/mol. The second-order valence-corrected chi connectivity index (χ2v) is 9.65. The molecule has 0 aromatic heterocycles. The summed E-state index contributed by atoms with van der Waals surface area (Å²) in [7, 11) is 0. The molecule has 36 heavy (non-hydrogen) atoms.